The van der Waals surface area contributed by atoms with Crippen LogP contribution >= 0.6 is 0 Å². The first-order valence-corrected chi connectivity index (χ1v) is 7.47. The molecule has 1 aromatic carbocycles. The van der Waals surface area contributed by atoms with Crippen LogP contribution in [0.3, 0.4) is 0 Å². The Morgan fingerprint density at radius 3 is 2.48 bits per heavy atom. The van der Waals surface area contributed by atoms with Crippen molar-refractivity contribution in [1.82, 2.24) is 9.97 Å². The van der Waals surface area contributed by atoms with Gasteiger partial charge in [-0.1, -0.05) is 6.07 Å². The molecule has 1 saturated heterocycles. The number of piperidine rings is 1. The summed E-state index contributed by atoms with van der Waals surface area (Å²) in [6.45, 7) is 1.79. The van der Waals surface area contributed by atoms with Gasteiger partial charge in [0.25, 0.3) is 5.91 Å². The normalized spacial score (nSPS) is 14.6. The largest absolute Gasteiger partial charge is 0.356 e. The number of carbonyl (C=O) groups excluding carboxylic acids is 1. The van der Waals surface area contributed by atoms with Gasteiger partial charge in [-0.15, -0.1) is 0 Å². The quantitative estimate of drug-likeness (QED) is 0.945. The van der Waals surface area contributed by atoms with Crippen molar-refractivity contribution in [3.63, 3.8) is 0 Å². The van der Waals surface area contributed by atoms with E-state index in [1.165, 1.54) is 18.8 Å². The predicted molar refractivity (Wildman–Crippen MR) is 82.4 cm³/mol. The molecule has 120 valence electrons. The molecule has 2 aromatic rings. The number of benzene rings is 1. The first kappa shape index (κ1) is 15.3. The molecule has 7 heteroatoms. The summed E-state index contributed by atoms with van der Waals surface area (Å²) in [7, 11) is 0. The van der Waals surface area contributed by atoms with Crippen molar-refractivity contribution in [3.8, 4) is 0 Å². The summed E-state index contributed by atoms with van der Waals surface area (Å²) in [5.41, 5.74) is -0.620. The molecule has 1 aliphatic rings. The predicted octanol–water partition coefficient (Wildman–Crippen LogP) is 3.00. The number of nitrogens with one attached hydrogen (secondary N) is 1. The van der Waals surface area contributed by atoms with Gasteiger partial charge >= 0.3 is 0 Å². The van der Waals surface area contributed by atoms with Crippen LogP contribution in [0, 0.1) is 11.6 Å². The Bertz CT molecular complexity index is 697. The van der Waals surface area contributed by atoms with E-state index in [0.29, 0.717) is 5.82 Å². The van der Waals surface area contributed by atoms with E-state index >= 15 is 0 Å². The molecule has 2 heterocycles. The maximum absolute atomic E-state index is 13.6. The van der Waals surface area contributed by atoms with Crippen molar-refractivity contribution < 1.29 is 13.6 Å². The second-order valence-electron chi connectivity index (χ2n) is 5.36. The van der Waals surface area contributed by atoms with Gasteiger partial charge in [0.05, 0.1) is 0 Å². The molecule has 0 bridgehead atoms. The third-order valence-electron chi connectivity index (χ3n) is 3.76. The molecule has 0 unspecified atom stereocenters. The Morgan fingerprint density at radius 2 is 1.78 bits per heavy atom. The molecule has 1 aromatic heterocycles. The summed E-state index contributed by atoms with van der Waals surface area (Å²) in [5.74, 6) is -1.78. The highest BCUT2D eigenvalue weighted by Crippen LogP contribution is 2.20. The molecule has 0 radical (unpaired) electrons. The standard InChI is InChI=1S/C16H16F2N4O/c17-11-5-4-6-12(18)15(11)16(23)21-13-9-14(20-10-19-13)22-7-2-1-3-8-22/h4-6,9-10H,1-3,7-8H2,(H,19,20,21,23). The van der Waals surface area contributed by atoms with Crippen LogP contribution in [0.1, 0.15) is 29.6 Å². The fourth-order valence-corrected chi connectivity index (χ4v) is 2.60. The average molecular weight is 318 g/mol. The van der Waals surface area contributed by atoms with Gasteiger partial charge in [-0.25, -0.2) is 18.7 Å². The van der Waals surface area contributed by atoms with Crippen LogP contribution in [-0.4, -0.2) is 29.0 Å². The van der Waals surface area contributed by atoms with Crippen LogP contribution in [0.15, 0.2) is 30.6 Å². The highest BCUT2D eigenvalue weighted by Gasteiger charge is 2.18. The van der Waals surface area contributed by atoms with Crippen molar-refractivity contribution in [1.29, 1.82) is 0 Å². The van der Waals surface area contributed by atoms with Crippen molar-refractivity contribution in [2.45, 2.75) is 19.3 Å². The maximum atomic E-state index is 13.6. The number of rotatable bonds is 3. The minimum absolute atomic E-state index is 0.216. The fourth-order valence-electron chi connectivity index (χ4n) is 2.60. The van der Waals surface area contributed by atoms with E-state index in [9.17, 15) is 13.6 Å². The second kappa shape index (κ2) is 6.68. The average Bonchev–Trinajstić information content (AvgIpc) is 2.56. The Balaban J connectivity index is 1.79. The molecule has 5 nitrogen and oxygen atoms in total. The van der Waals surface area contributed by atoms with Crippen LogP contribution in [0.25, 0.3) is 0 Å². The van der Waals surface area contributed by atoms with E-state index in [1.807, 2.05) is 0 Å². The monoisotopic (exact) mass is 318 g/mol. The van der Waals surface area contributed by atoms with E-state index in [-0.39, 0.29) is 5.82 Å². The molecule has 0 atom stereocenters. The lowest BCUT2D eigenvalue weighted by Gasteiger charge is -2.27. The topological polar surface area (TPSA) is 58.1 Å². The minimum atomic E-state index is -0.909. The minimum Gasteiger partial charge on any atom is -0.356 e. The number of hydrogen-bond acceptors (Lipinski definition) is 4. The molecule has 1 amide bonds. The van der Waals surface area contributed by atoms with Gasteiger partial charge in [0, 0.05) is 19.2 Å². The molecule has 1 aliphatic heterocycles. The van der Waals surface area contributed by atoms with E-state index in [4.69, 9.17) is 0 Å². The van der Waals surface area contributed by atoms with Crippen LogP contribution in [0.4, 0.5) is 20.4 Å². The molecule has 3 rings (SSSR count). The molecule has 1 N–H and O–H groups in total. The first-order chi connectivity index (χ1) is 11.1. The van der Waals surface area contributed by atoms with Crippen LogP contribution in [0.5, 0.6) is 0 Å². The Hall–Kier alpha value is -2.57. The van der Waals surface area contributed by atoms with E-state index in [2.05, 4.69) is 20.2 Å². The highest BCUT2D eigenvalue weighted by atomic mass is 19.1. The zero-order chi connectivity index (χ0) is 16.2. The summed E-state index contributed by atoms with van der Waals surface area (Å²) >= 11 is 0. The Morgan fingerprint density at radius 1 is 1.09 bits per heavy atom. The molecule has 23 heavy (non-hydrogen) atoms. The van der Waals surface area contributed by atoms with E-state index in [0.717, 1.165) is 38.1 Å². The van der Waals surface area contributed by atoms with Crippen molar-refractivity contribution in [3.05, 3.63) is 47.8 Å². The van der Waals surface area contributed by atoms with Gasteiger partial charge in [0.2, 0.25) is 0 Å². The van der Waals surface area contributed by atoms with Gasteiger partial charge in [-0.2, -0.15) is 0 Å². The fraction of sp³-hybridized carbons (Fsp3) is 0.312. The number of amides is 1. The summed E-state index contributed by atoms with van der Waals surface area (Å²) in [6, 6.07) is 4.90. The molecule has 0 saturated carbocycles. The smallest absolute Gasteiger partial charge is 0.262 e. The van der Waals surface area contributed by atoms with Gasteiger partial charge < -0.3 is 10.2 Å². The third-order valence-corrected chi connectivity index (χ3v) is 3.76. The number of carbonyl (C=O) groups is 1. The first-order valence-electron chi connectivity index (χ1n) is 7.47. The van der Waals surface area contributed by atoms with Gasteiger partial charge in [0.15, 0.2) is 0 Å². The number of anilines is 2. The van der Waals surface area contributed by atoms with Crippen molar-refractivity contribution >= 4 is 17.5 Å². The van der Waals surface area contributed by atoms with E-state index < -0.39 is 23.1 Å². The SMILES string of the molecule is O=C(Nc1cc(N2CCCCC2)ncn1)c1c(F)cccc1F. The van der Waals surface area contributed by atoms with Gasteiger partial charge in [0.1, 0.15) is 35.2 Å². The van der Waals surface area contributed by atoms with Crippen molar-refractivity contribution in [2.75, 3.05) is 23.3 Å². The highest BCUT2D eigenvalue weighted by molar-refractivity contribution is 6.04. The van der Waals surface area contributed by atoms with E-state index in [1.54, 1.807) is 6.07 Å². The lowest BCUT2D eigenvalue weighted by Crippen LogP contribution is -2.30. The Kier molecular flexibility index (Phi) is 4.45. The summed E-state index contributed by atoms with van der Waals surface area (Å²) in [4.78, 5) is 22.3. The van der Waals surface area contributed by atoms with Crippen molar-refractivity contribution in [2.24, 2.45) is 0 Å². The van der Waals surface area contributed by atoms with Gasteiger partial charge in [-0.3, -0.25) is 4.79 Å². The molecule has 1 fully saturated rings. The zero-order valence-electron chi connectivity index (χ0n) is 12.4. The summed E-state index contributed by atoms with van der Waals surface area (Å²) < 4.78 is 27.3. The van der Waals surface area contributed by atoms with Crippen LogP contribution in [-0.2, 0) is 0 Å². The van der Waals surface area contributed by atoms with Gasteiger partial charge in [-0.05, 0) is 31.4 Å². The summed E-state index contributed by atoms with van der Waals surface area (Å²) in [5, 5.41) is 2.42. The summed E-state index contributed by atoms with van der Waals surface area (Å²) in [6.07, 6.45) is 4.70. The second-order valence-corrected chi connectivity index (χ2v) is 5.36. The number of hydrogen-bond donors (Lipinski definition) is 1. The molecule has 0 aliphatic carbocycles. The number of halogens is 2. The zero-order valence-corrected chi connectivity index (χ0v) is 12.4. The van der Waals surface area contributed by atoms with Crippen LogP contribution in [0.2, 0.25) is 0 Å². The molecule has 0 spiro atoms. The molecular weight excluding hydrogens is 302 g/mol. The number of nitrogens with zero attached hydrogens (tertiary/aromatic N) is 3. The van der Waals surface area contributed by atoms with Crippen LogP contribution < -0.4 is 10.2 Å². The maximum Gasteiger partial charge on any atom is 0.262 e. The number of aromatic nitrogens is 2. The Labute approximate surface area is 132 Å². The lowest BCUT2D eigenvalue weighted by atomic mass is 10.1. The molecular formula is C16H16F2N4O. The third kappa shape index (κ3) is 3.44. The lowest BCUT2D eigenvalue weighted by molar-refractivity contribution is 0.101.